The van der Waals surface area contributed by atoms with Crippen LogP contribution in [-0.2, 0) is 0 Å². The van der Waals surface area contributed by atoms with Crippen LogP contribution in [0.15, 0.2) is 17.5 Å². The molecule has 100 valence electrons. The molecule has 0 saturated carbocycles. The Kier molecular flexibility index (Phi) is 3.16. The summed E-state index contributed by atoms with van der Waals surface area (Å²) in [6.45, 7) is 6.09. The standard InChI is InChI=1S/C14H12N4S2/c1-8-7-19-11(6-15)12(8)13-16-17-14(20-13)18-9(2)4-5-10(18)3/h4-5,7H,1-3H3. The monoisotopic (exact) mass is 300 g/mol. The van der Waals surface area contributed by atoms with E-state index in [-0.39, 0.29) is 0 Å². The molecule has 0 fully saturated rings. The van der Waals surface area contributed by atoms with E-state index in [9.17, 15) is 5.26 Å². The third-order valence-electron chi connectivity index (χ3n) is 3.17. The fraction of sp³-hybridized carbons (Fsp3) is 0.214. The molecule has 0 aliphatic carbocycles. The van der Waals surface area contributed by atoms with Gasteiger partial charge in [0.1, 0.15) is 10.9 Å². The average Bonchev–Trinajstić information content (AvgIpc) is 3.09. The molecule has 0 saturated heterocycles. The number of aryl methyl sites for hydroxylation is 3. The second-order valence-electron chi connectivity index (χ2n) is 4.58. The molecule has 20 heavy (non-hydrogen) atoms. The summed E-state index contributed by atoms with van der Waals surface area (Å²) in [5.41, 5.74) is 4.26. The molecule has 0 unspecified atom stereocenters. The molecule has 0 atom stereocenters. The van der Waals surface area contributed by atoms with Crippen molar-refractivity contribution in [3.8, 4) is 21.8 Å². The summed E-state index contributed by atoms with van der Waals surface area (Å²) in [5, 5.41) is 21.4. The smallest absolute Gasteiger partial charge is 0.217 e. The van der Waals surface area contributed by atoms with E-state index in [1.165, 1.54) is 22.7 Å². The van der Waals surface area contributed by atoms with Gasteiger partial charge in [-0.2, -0.15) is 5.26 Å². The van der Waals surface area contributed by atoms with E-state index < -0.39 is 0 Å². The van der Waals surface area contributed by atoms with Gasteiger partial charge in [-0.1, -0.05) is 11.3 Å². The summed E-state index contributed by atoms with van der Waals surface area (Å²) in [7, 11) is 0. The van der Waals surface area contributed by atoms with Gasteiger partial charge in [0.05, 0.1) is 0 Å². The van der Waals surface area contributed by atoms with Crippen molar-refractivity contribution in [1.29, 1.82) is 5.26 Å². The lowest BCUT2D eigenvalue weighted by molar-refractivity contribution is 0.913. The Morgan fingerprint density at radius 3 is 2.50 bits per heavy atom. The van der Waals surface area contributed by atoms with Crippen LogP contribution in [0.5, 0.6) is 0 Å². The van der Waals surface area contributed by atoms with Crippen molar-refractivity contribution in [2.45, 2.75) is 20.8 Å². The number of nitrogens with zero attached hydrogens (tertiary/aromatic N) is 4. The highest BCUT2D eigenvalue weighted by Gasteiger charge is 2.17. The number of hydrogen-bond donors (Lipinski definition) is 0. The highest BCUT2D eigenvalue weighted by Crippen LogP contribution is 2.35. The molecule has 3 heterocycles. The minimum Gasteiger partial charge on any atom is -0.293 e. The third-order valence-corrected chi connectivity index (χ3v) is 5.10. The molecular weight excluding hydrogens is 288 g/mol. The molecule has 0 amide bonds. The topological polar surface area (TPSA) is 54.5 Å². The SMILES string of the molecule is Cc1csc(C#N)c1-c1nnc(-n2c(C)ccc2C)s1. The predicted octanol–water partition coefficient (Wildman–Crippen LogP) is 3.85. The van der Waals surface area contributed by atoms with Gasteiger partial charge in [-0.15, -0.1) is 21.5 Å². The normalized spacial score (nSPS) is 10.7. The van der Waals surface area contributed by atoms with Crippen LogP contribution >= 0.6 is 22.7 Å². The van der Waals surface area contributed by atoms with Crippen LogP contribution in [0.2, 0.25) is 0 Å². The predicted molar refractivity (Wildman–Crippen MR) is 81.5 cm³/mol. The molecule has 3 aromatic rings. The molecule has 0 spiro atoms. The number of aromatic nitrogens is 3. The summed E-state index contributed by atoms with van der Waals surface area (Å²) < 4.78 is 2.08. The zero-order valence-electron chi connectivity index (χ0n) is 11.3. The first-order valence-electron chi connectivity index (χ1n) is 6.09. The molecule has 0 radical (unpaired) electrons. The third kappa shape index (κ3) is 1.96. The van der Waals surface area contributed by atoms with Gasteiger partial charge in [-0.05, 0) is 43.8 Å². The molecule has 4 nitrogen and oxygen atoms in total. The van der Waals surface area contributed by atoms with Crippen LogP contribution in [0.1, 0.15) is 21.8 Å². The van der Waals surface area contributed by atoms with Crippen molar-refractivity contribution < 1.29 is 0 Å². The highest BCUT2D eigenvalue weighted by molar-refractivity contribution is 7.17. The molecule has 3 rings (SSSR count). The maximum atomic E-state index is 9.18. The lowest BCUT2D eigenvalue weighted by Gasteiger charge is -2.02. The molecule has 3 aromatic heterocycles. The Balaban J connectivity index is 2.12. The van der Waals surface area contributed by atoms with Gasteiger partial charge in [-0.3, -0.25) is 4.57 Å². The number of nitriles is 1. The molecule has 0 bridgehead atoms. The van der Waals surface area contributed by atoms with Crippen molar-refractivity contribution in [2.75, 3.05) is 0 Å². The van der Waals surface area contributed by atoms with Crippen molar-refractivity contribution in [2.24, 2.45) is 0 Å². The Morgan fingerprint density at radius 2 is 1.85 bits per heavy atom. The van der Waals surface area contributed by atoms with Gasteiger partial charge in [0.25, 0.3) is 0 Å². The van der Waals surface area contributed by atoms with Crippen LogP contribution < -0.4 is 0 Å². The second kappa shape index (κ2) is 4.85. The van der Waals surface area contributed by atoms with Crippen LogP contribution in [-0.4, -0.2) is 14.8 Å². The van der Waals surface area contributed by atoms with E-state index in [4.69, 9.17) is 0 Å². The van der Waals surface area contributed by atoms with Gasteiger partial charge < -0.3 is 0 Å². The fourth-order valence-corrected chi connectivity index (χ4v) is 4.16. The summed E-state index contributed by atoms with van der Waals surface area (Å²) in [6.07, 6.45) is 0. The van der Waals surface area contributed by atoms with E-state index in [0.717, 1.165) is 32.7 Å². The van der Waals surface area contributed by atoms with E-state index in [1.807, 2.05) is 26.2 Å². The van der Waals surface area contributed by atoms with E-state index >= 15 is 0 Å². The van der Waals surface area contributed by atoms with Gasteiger partial charge in [-0.25, -0.2) is 0 Å². The first kappa shape index (κ1) is 13.0. The Bertz CT molecular complexity index is 797. The first-order valence-corrected chi connectivity index (χ1v) is 7.79. The minimum atomic E-state index is 0.700. The van der Waals surface area contributed by atoms with Crippen molar-refractivity contribution in [3.05, 3.63) is 39.3 Å². The molecule has 0 aromatic carbocycles. The Labute approximate surface area is 125 Å². The lowest BCUT2D eigenvalue weighted by Crippen LogP contribution is -1.97. The van der Waals surface area contributed by atoms with E-state index in [2.05, 4.69) is 33.0 Å². The van der Waals surface area contributed by atoms with Crippen LogP contribution in [0.3, 0.4) is 0 Å². The summed E-state index contributed by atoms with van der Waals surface area (Å²) in [5.74, 6) is 0. The van der Waals surface area contributed by atoms with Crippen molar-refractivity contribution in [1.82, 2.24) is 14.8 Å². The van der Waals surface area contributed by atoms with Crippen LogP contribution in [0, 0.1) is 32.1 Å². The van der Waals surface area contributed by atoms with E-state index in [0.29, 0.717) is 4.88 Å². The molecule has 0 aliphatic heterocycles. The molecule has 0 aliphatic rings. The zero-order valence-corrected chi connectivity index (χ0v) is 13.0. The fourth-order valence-electron chi connectivity index (χ4n) is 2.17. The van der Waals surface area contributed by atoms with Gasteiger partial charge >= 0.3 is 0 Å². The highest BCUT2D eigenvalue weighted by atomic mass is 32.1. The Morgan fingerprint density at radius 1 is 1.15 bits per heavy atom. The summed E-state index contributed by atoms with van der Waals surface area (Å²) in [6, 6.07) is 6.36. The lowest BCUT2D eigenvalue weighted by atomic mass is 10.2. The maximum Gasteiger partial charge on any atom is 0.217 e. The minimum absolute atomic E-state index is 0.700. The second-order valence-corrected chi connectivity index (χ2v) is 6.41. The summed E-state index contributed by atoms with van der Waals surface area (Å²) >= 11 is 2.97. The van der Waals surface area contributed by atoms with Crippen LogP contribution in [0.4, 0.5) is 0 Å². The summed E-state index contributed by atoms with van der Waals surface area (Å²) in [4.78, 5) is 0.700. The number of hydrogen-bond acceptors (Lipinski definition) is 5. The zero-order chi connectivity index (χ0) is 14.3. The first-order chi connectivity index (χ1) is 9.61. The number of rotatable bonds is 2. The maximum absolute atomic E-state index is 9.18. The van der Waals surface area contributed by atoms with Crippen LogP contribution in [0.25, 0.3) is 15.7 Å². The molecular formula is C14H12N4S2. The molecule has 6 heteroatoms. The van der Waals surface area contributed by atoms with Gasteiger partial charge in [0.2, 0.25) is 5.13 Å². The van der Waals surface area contributed by atoms with Crippen molar-refractivity contribution >= 4 is 22.7 Å². The quantitative estimate of drug-likeness (QED) is 0.722. The number of thiophene rings is 1. The van der Waals surface area contributed by atoms with Gasteiger partial charge in [0.15, 0.2) is 5.01 Å². The van der Waals surface area contributed by atoms with Gasteiger partial charge in [0, 0.05) is 17.0 Å². The van der Waals surface area contributed by atoms with E-state index in [1.54, 1.807) is 0 Å². The molecule has 0 N–H and O–H groups in total. The largest absolute Gasteiger partial charge is 0.293 e. The Hall–Kier alpha value is -1.97. The average molecular weight is 300 g/mol. The van der Waals surface area contributed by atoms with Crippen molar-refractivity contribution in [3.63, 3.8) is 0 Å².